The highest BCUT2D eigenvalue weighted by Crippen LogP contribution is 2.46. The van der Waals surface area contributed by atoms with Gasteiger partial charge in [0.15, 0.2) is 0 Å². The van der Waals surface area contributed by atoms with Gasteiger partial charge in [-0.1, -0.05) is 54.6 Å². The monoisotopic (exact) mass is 340 g/mol. The van der Waals surface area contributed by atoms with Gasteiger partial charge in [0.05, 0.1) is 13.2 Å². The van der Waals surface area contributed by atoms with Crippen LogP contribution in [0.2, 0.25) is 0 Å². The molecule has 4 aromatic carbocycles. The Morgan fingerprint density at radius 1 is 0.769 bits per heavy atom. The Morgan fingerprint density at radius 3 is 2.19 bits per heavy atom. The van der Waals surface area contributed by atoms with E-state index in [1.54, 1.807) is 7.11 Å². The van der Waals surface area contributed by atoms with Crippen molar-refractivity contribution < 1.29 is 9.47 Å². The molecule has 1 aliphatic rings. The van der Waals surface area contributed by atoms with Crippen LogP contribution in [0, 0.1) is 0 Å². The molecule has 0 N–H and O–H groups in total. The molecule has 0 spiro atoms. The first-order valence-corrected chi connectivity index (χ1v) is 9.00. The SMILES string of the molecule is COc1ccc(-c2cc3ccccc3c3ccccc23)c(C2OC2C)c1. The number of rotatable bonds is 3. The molecule has 1 aliphatic heterocycles. The highest BCUT2D eigenvalue weighted by Gasteiger charge is 2.38. The maximum Gasteiger partial charge on any atom is 0.119 e. The lowest BCUT2D eigenvalue weighted by Gasteiger charge is -2.15. The molecule has 0 radical (unpaired) electrons. The summed E-state index contributed by atoms with van der Waals surface area (Å²) in [4.78, 5) is 0. The lowest BCUT2D eigenvalue weighted by molar-refractivity contribution is 0.381. The number of benzene rings is 4. The van der Waals surface area contributed by atoms with Crippen molar-refractivity contribution in [1.82, 2.24) is 0 Å². The summed E-state index contributed by atoms with van der Waals surface area (Å²) in [6.45, 7) is 2.12. The molecule has 5 rings (SSSR count). The van der Waals surface area contributed by atoms with Crippen molar-refractivity contribution in [3.8, 4) is 16.9 Å². The van der Waals surface area contributed by atoms with Crippen LogP contribution in [-0.2, 0) is 4.74 Å². The Morgan fingerprint density at radius 2 is 1.46 bits per heavy atom. The van der Waals surface area contributed by atoms with Crippen molar-refractivity contribution in [2.24, 2.45) is 0 Å². The second-order valence-corrected chi connectivity index (χ2v) is 6.91. The van der Waals surface area contributed by atoms with Crippen LogP contribution in [-0.4, -0.2) is 13.2 Å². The molecular formula is C24H20O2. The topological polar surface area (TPSA) is 21.8 Å². The quantitative estimate of drug-likeness (QED) is 0.330. The van der Waals surface area contributed by atoms with Crippen LogP contribution < -0.4 is 4.74 Å². The first-order chi connectivity index (χ1) is 12.8. The summed E-state index contributed by atoms with van der Waals surface area (Å²) in [6, 6.07) is 25.9. The van der Waals surface area contributed by atoms with Crippen molar-refractivity contribution in [3.63, 3.8) is 0 Å². The van der Waals surface area contributed by atoms with Crippen LogP contribution in [0.15, 0.2) is 72.8 Å². The third kappa shape index (κ3) is 2.38. The molecule has 1 saturated heterocycles. The average molecular weight is 340 g/mol. The molecule has 0 aromatic heterocycles. The van der Waals surface area contributed by atoms with E-state index in [0.29, 0.717) is 0 Å². The van der Waals surface area contributed by atoms with Crippen molar-refractivity contribution in [2.45, 2.75) is 19.1 Å². The summed E-state index contributed by atoms with van der Waals surface area (Å²) >= 11 is 0. The summed E-state index contributed by atoms with van der Waals surface area (Å²) < 4.78 is 11.3. The molecule has 2 unspecified atom stereocenters. The van der Waals surface area contributed by atoms with Crippen LogP contribution in [0.3, 0.4) is 0 Å². The molecule has 0 saturated carbocycles. The lowest BCUT2D eigenvalue weighted by atomic mass is 9.90. The number of ether oxygens (including phenoxy) is 2. The highest BCUT2D eigenvalue weighted by atomic mass is 16.6. The van der Waals surface area contributed by atoms with E-state index in [1.807, 2.05) is 6.07 Å². The smallest absolute Gasteiger partial charge is 0.119 e. The highest BCUT2D eigenvalue weighted by molar-refractivity contribution is 6.14. The normalized spacial score (nSPS) is 19.0. The number of hydrogen-bond acceptors (Lipinski definition) is 2. The van der Waals surface area contributed by atoms with Crippen LogP contribution in [0.25, 0.3) is 32.7 Å². The van der Waals surface area contributed by atoms with Crippen molar-refractivity contribution in [2.75, 3.05) is 7.11 Å². The van der Waals surface area contributed by atoms with Crippen molar-refractivity contribution in [3.05, 3.63) is 78.4 Å². The number of hydrogen-bond donors (Lipinski definition) is 0. The van der Waals surface area contributed by atoms with Gasteiger partial charge in [-0.05, 0) is 63.4 Å². The Bertz CT molecular complexity index is 1130. The van der Waals surface area contributed by atoms with Gasteiger partial charge in [0.1, 0.15) is 11.9 Å². The third-order valence-electron chi connectivity index (χ3n) is 5.33. The van der Waals surface area contributed by atoms with Crippen LogP contribution in [0.1, 0.15) is 18.6 Å². The largest absolute Gasteiger partial charge is 0.497 e. The second-order valence-electron chi connectivity index (χ2n) is 6.91. The molecule has 2 heteroatoms. The van der Waals surface area contributed by atoms with Gasteiger partial charge in [-0.2, -0.15) is 0 Å². The molecule has 0 amide bonds. The third-order valence-corrected chi connectivity index (χ3v) is 5.33. The molecule has 0 aliphatic carbocycles. The Kier molecular flexibility index (Phi) is 3.47. The zero-order chi connectivity index (χ0) is 17.7. The standard InChI is InChI=1S/C24H20O2/c1-15-24(26-15)23-14-17(25-2)11-12-21(23)22-13-16-7-3-4-8-18(16)19-9-5-6-10-20(19)22/h3-15,24H,1-2H3. The summed E-state index contributed by atoms with van der Waals surface area (Å²) in [6.07, 6.45) is 0.401. The molecule has 2 atom stereocenters. The molecule has 1 fully saturated rings. The maximum atomic E-state index is 5.81. The summed E-state index contributed by atoms with van der Waals surface area (Å²) in [5.74, 6) is 0.872. The predicted molar refractivity (Wildman–Crippen MR) is 107 cm³/mol. The number of epoxide rings is 1. The minimum absolute atomic E-state index is 0.144. The van der Waals surface area contributed by atoms with Gasteiger partial charge in [-0.15, -0.1) is 0 Å². The summed E-state index contributed by atoms with van der Waals surface area (Å²) in [7, 11) is 1.71. The van der Waals surface area contributed by atoms with Gasteiger partial charge in [0.25, 0.3) is 0 Å². The number of fused-ring (bicyclic) bond motifs is 3. The number of methoxy groups -OCH3 is 1. The molecule has 128 valence electrons. The second kappa shape index (κ2) is 5.86. The minimum atomic E-state index is 0.144. The van der Waals surface area contributed by atoms with Gasteiger partial charge >= 0.3 is 0 Å². The van der Waals surface area contributed by atoms with Crippen LogP contribution in [0.5, 0.6) is 5.75 Å². The molecule has 1 heterocycles. The van der Waals surface area contributed by atoms with Gasteiger partial charge < -0.3 is 9.47 Å². The van der Waals surface area contributed by atoms with E-state index in [1.165, 1.54) is 38.2 Å². The minimum Gasteiger partial charge on any atom is -0.497 e. The summed E-state index contributed by atoms with van der Waals surface area (Å²) in [5.41, 5.74) is 3.68. The lowest BCUT2D eigenvalue weighted by Crippen LogP contribution is -1.94. The Labute approximate surface area is 153 Å². The molecular weight excluding hydrogens is 320 g/mol. The first kappa shape index (κ1) is 15.4. The Balaban J connectivity index is 1.84. The van der Waals surface area contributed by atoms with E-state index in [0.717, 1.165) is 5.75 Å². The van der Waals surface area contributed by atoms with E-state index >= 15 is 0 Å². The molecule has 2 nitrogen and oxygen atoms in total. The van der Waals surface area contributed by atoms with E-state index in [2.05, 4.69) is 73.7 Å². The van der Waals surface area contributed by atoms with Crippen LogP contribution in [0.4, 0.5) is 0 Å². The molecule has 26 heavy (non-hydrogen) atoms. The first-order valence-electron chi connectivity index (χ1n) is 9.00. The van der Waals surface area contributed by atoms with Crippen molar-refractivity contribution in [1.29, 1.82) is 0 Å². The van der Waals surface area contributed by atoms with Gasteiger partial charge in [0, 0.05) is 0 Å². The zero-order valence-corrected chi connectivity index (χ0v) is 14.9. The van der Waals surface area contributed by atoms with Crippen molar-refractivity contribution >= 4 is 21.5 Å². The zero-order valence-electron chi connectivity index (χ0n) is 14.9. The fourth-order valence-corrected chi connectivity index (χ4v) is 3.94. The van der Waals surface area contributed by atoms with E-state index < -0.39 is 0 Å². The van der Waals surface area contributed by atoms with Gasteiger partial charge in [-0.3, -0.25) is 0 Å². The van der Waals surface area contributed by atoms with Crippen LogP contribution >= 0.6 is 0 Å². The van der Waals surface area contributed by atoms with E-state index in [4.69, 9.17) is 9.47 Å². The van der Waals surface area contributed by atoms with E-state index in [9.17, 15) is 0 Å². The van der Waals surface area contributed by atoms with Gasteiger partial charge in [0.2, 0.25) is 0 Å². The molecule has 4 aromatic rings. The fraction of sp³-hybridized carbons (Fsp3) is 0.167. The molecule has 0 bridgehead atoms. The van der Waals surface area contributed by atoms with Gasteiger partial charge in [-0.25, -0.2) is 0 Å². The Hall–Kier alpha value is -2.84. The summed E-state index contributed by atoms with van der Waals surface area (Å²) in [5, 5.41) is 5.10. The fourth-order valence-electron chi connectivity index (χ4n) is 3.94. The average Bonchev–Trinajstić information content (AvgIpc) is 3.43. The predicted octanol–water partition coefficient (Wildman–Crippen LogP) is 6.13. The maximum absolute atomic E-state index is 5.81. The van der Waals surface area contributed by atoms with E-state index in [-0.39, 0.29) is 12.2 Å².